The minimum absolute atomic E-state index is 0.00356. The van der Waals surface area contributed by atoms with Gasteiger partial charge in [0.2, 0.25) is 0 Å². The van der Waals surface area contributed by atoms with Crippen LogP contribution in [0.15, 0.2) is 17.0 Å². The second-order valence-corrected chi connectivity index (χ2v) is 9.30. The van der Waals surface area contributed by atoms with Gasteiger partial charge in [-0.15, -0.1) is 0 Å². The second-order valence-electron chi connectivity index (χ2n) is 7.90. The van der Waals surface area contributed by atoms with E-state index in [0.29, 0.717) is 46.1 Å². The normalized spacial score (nSPS) is 20.1. The molecule has 2 amide bonds. The highest BCUT2D eigenvalue weighted by Crippen LogP contribution is 2.40. The minimum atomic E-state index is -0.218. The van der Waals surface area contributed by atoms with E-state index in [1.165, 1.54) is 24.2 Å². The van der Waals surface area contributed by atoms with Gasteiger partial charge in [0.05, 0.1) is 22.6 Å². The molecule has 0 radical (unpaired) electrons. The summed E-state index contributed by atoms with van der Waals surface area (Å²) in [4.78, 5) is 27.2. The molecule has 30 heavy (non-hydrogen) atoms. The number of thioether (sulfide) groups is 1. The number of halogens is 1. The van der Waals surface area contributed by atoms with Crippen molar-refractivity contribution in [3.8, 4) is 11.5 Å². The molecular formula is C23H30ClNO4S. The van der Waals surface area contributed by atoms with Gasteiger partial charge in [-0.2, -0.15) is 0 Å². The summed E-state index contributed by atoms with van der Waals surface area (Å²) in [5.41, 5.74) is 0.711. The molecule has 2 aliphatic rings. The van der Waals surface area contributed by atoms with Crippen molar-refractivity contribution in [2.75, 3.05) is 13.2 Å². The number of rotatable bonds is 8. The van der Waals surface area contributed by atoms with Crippen LogP contribution in [0.4, 0.5) is 4.79 Å². The fourth-order valence-electron chi connectivity index (χ4n) is 3.77. The number of carbonyl (C=O) groups excluding carboxylic acids is 2. The highest BCUT2D eigenvalue weighted by molar-refractivity contribution is 8.18. The molecule has 1 saturated heterocycles. The van der Waals surface area contributed by atoms with Crippen LogP contribution in [-0.2, 0) is 4.79 Å². The van der Waals surface area contributed by atoms with Gasteiger partial charge in [0.1, 0.15) is 0 Å². The summed E-state index contributed by atoms with van der Waals surface area (Å²) >= 11 is 7.47. The molecule has 0 bridgehead atoms. The molecule has 1 heterocycles. The van der Waals surface area contributed by atoms with Gasteiger partial charge in [0, 0.05) is 6.54 Å². The van der Waals surface area contributed by atoms with E-state index in [1.54, 1.807) is 12.1 Å². The van der Waals surface area contributed by atoms with Crippen molar-refractivity contribution in [1.82, 2.24) is 4.90 Å². The lowest BCUT2D eigenvalue weighted by Gasteiger charge is -2.25. The number of amides is 2. The Morgan fingerprint density at radius 1 is 1.23 bits per heavy atom. The maximum absolute atomic E-state index is 12.9. The average molecular weight is 452 g/mol. The van der Waals surface area contributed by atoms with Gasteiger partial charge in [-0.3, -0.25) is 14.5 Å². The van der Waals surface area contributed by atoms with Crippen molar-refractivity contribution in [2.24, 2.45) is 5.92 Å². The monoisotopic (exact) mass is 451 g/mol. The lowest BCUT2D eigenvalue weighted by molar-refractivity contribution is -0.123. The van der Waals surface area contributed by atoms with Gasteiger partial charge < -0.3 is 9.47 Å². The zero-order valence-corrected chi connectivity index (χ0v) is 19.5. The Balaban J connectivity index is 1.81. The predicted molar refractivity (Wildman–Crippen MR) is 122 cm³/mol. The van der Waals surface area contributed by atoms with Crippen molar-refractivity contribution in [2.45, 2.75) is 65.4 Å². The van der Waals surface area contributed by atoms with E-state index >= 15 is 0 Å². The van der Waals surface area contributed by atoms with Crippen LogP contribution in [0.3, 0.4) is 0 Å². The predicted octanol–water partition coefficient (Wildman–Crippen LogP) is 6.53. The fourth-order valence-corrected chi connectivity index (χ4v) is 4.88. The molecule has 0 aromatic heterocycles. The van der Waals surface area contributed by atoms with Crippen molar-refractivity contribution in [1.29, 1.82) is 0 Å². The Bertz CT molecular complexity index is 820. The summed E-state index contributed by atoms with van der Waals surface area (Å²) in [5, 5.41) is 0.235. The van der Waals surface area contributed by atoms with Crippen molar-refractivity contribution in [3.05, 3.63) is 27.6 Å². The van der Waals surface area contributed by atoms with Crippen molar-refractivity contribution in [3.63, 3.8) is 0 Å². The standard InChI is InChI=1S/C23H30ClNO4S/c1-4-15(3)29-21-18(24)11-17(12-19(21)28-5-2)13-20-22(26)25(23(27)30-20)14-16-9-7-6-8-10-16/h11-13,15-16H,4-10,14H2,1-3H3/b20-13+/t15-/m0/s1. The zero-order chi connectivity index (χ0) is 21.7. The highest BCUT2D eigenvalue weighted by Gasteiger charge is 2.36. The number of hydrogen-bond donors (Lipinski definition) is 0. The number of hydrogen-bond acceptors (Lipinski definition) is 5. The first-order chi connectivity index (χ1) is 14.4. The van der Waals surface area contributed by atoms with Gasteiger partial charge in [-0.05, 0) is 74.6 Å². The van der Waals surface area contributed by atoms with Gasteiger partial charge in [0.25, 0.3) is 11.1 Å². The Hall–Kier alpha value is -1.66. The molecule has 1 aromatic carbocycles. The van der Waals surface area contributed by atoms with E-state index in [2.05, 4.69) is 0 Å². The highest BCUT2D eigenvalue weighted by atomic mass is 35.5. The van der Waals surface area contributed by atoms with Crippen LogP contribution in [0.25, 0.3) is 6.08 Å². The summed E-state index contributed by atoms with van der Waals surface area (Å²) in [6, 6.07) is 3.55. The Labute approximate surface area is 188 Å². The van der Waals surface area contributed by atoms with E-state index in [0.717, 1.165) is 31.0 Å². The lowest BCUT2D eigenvalue weighted by Crippen LogP contribution is -2.34. The van der Waals surface area contributed by atoms with E-state index < -0.39 is 0 Å². The molecule has 1 atom stereocenters. The van der Waals surface area contributed by atoms with Crippen LogP contribution in [0.5, 0.6) is 11.5 Å². The maximum Gasteiger partial charge on any atom is 0.293 e. The lowest BCUT2D eigenvalue weighted by atomic mass is 9.89. The number of carbonyl (C=O) groups is 2. The summed E-state index contributed by atoms with van der Waals surface area (Å²) in [6.07, 6.45) is 8.35. The largest absolute Gasteiger partial charge is 0.490 e. The van der Waals surface area contributed by atoms with E-state index in [-0.39, 0.29) is 17.3 Å². The molecule has 3 rings (SSSR count). The van der Waals surface area contributed by atoms with Gasteiger partial charge in [-0.1, -0.05) is 37.8 Å². The third kappa shape index (κ3) is 5.52. The Kier molecular flexibility index (Phi) is 8.12. The molecular weight excluding hydrogens is 422 g/mol. The molecule has 1 aliphatic heterocycles. The summed E-state index contributed by atoms with van der Waals surface area (Å²) in [6.45, 7) is 6.90. The second kappa shape index (κ2) is 10.6. The van der Waals surface area contributed by atoms with Gasteiger partial charge >= 0.3 is 0 Å². The van der Waals surface area contributed by atoms with Crippen LogP contribution in [0.2, 0.25) is 5.02 Å². The fraction of sp³-hybridized carbons (Fsp3) is 0.565. The molecule has 1 saturated carbocycles. The SMILES string of the molecule is CCOc1cc(/C=C2/SC(=O)N(CC3CCCCC3)C2=O)cc(Cl)c1O[C@@H](C)CC. The summed E-state index contributed by atoms with van der Waals surface area (Å²) in [5.74, 6) is 1.25. The van der Waals surface area contributed by atoms with Crippen LogP contribution in [0, 0.1) is 5.92 Å². The average Bonchev–Trinajstić information content (AvgIpc) is 2.98. The quantitative estimate of drug-likeness (QED) is 0.420. The van der Waals surface area contributed by atoms with E-state index in [9.17, 15) is 9.59 Å². The number of ether oxygens (including phenoxy) is 2. The number of benzene rings is 1. The minimum Gasteiger partial charge on any atom is -0.490 e. The van der Waals surface area contributed by atoms with Crippen LogP contribution in [-0.4, -0.2) is 35.3 Å². The topological polar surface area (TPSA) is 55.8 Å². The molecule has 0 unspecified atom stereocenters. The molecule has 0 spiro atoms. The molecule has 2 fully saturated rings. The summed E-state index contributed by atoms with van der Waals surface area (Å²) in [7, 11) is 0. The third-order valence-corrected chi connectivity index (χ3v) is 6.75. The zero-order valence-electron chi connectivity index (χ0n) is 17.9. The van der Waals surface area contributed by atoms with Gasteiger partial charge in [-0.25, -0.2) is 0 Å². The van der Waals surface area contributed by atoms with Crippen LogP contribution in [0.1, 0.15) is 64.9 Å². The third-order valence-electron chi connectivity index (χ3n) is 5.56. The maximum atomic E-state index is 12.9. The summed E-state index contributed by atoms with van der Waals surface area (Å²) < 4.78 is 11.7. The van der Waals surface area contributed by atoms with Crippen LogP contribution >= 0.6 is 23.4 Å². The first-order valence-electron chi connectivity index (χ1n) is 10.8. The molecule has 7 heteroatoms. The van der Waals surface area contributed by atoms with Crippen molar-refractivity contribution >= 4 is 40.6 Å². The molecule has 1 aliphatic carbocycles. The van der Waals surface area contributed by atoms with Gasteiger partial charge in [0.15, 0.2) is 11.5 Å². The first-order valence-corrected chi connectivity index (χ1v) is 12.0. The Morgan fingerprint density at radius 2 is 1.97 bits per heavy atom. The van der Waals surface area contributed by atoms with E-state index in [1.807, 2.05) is 26.8 Å². The molecule has 0 N–H and O–H groups in total. The van der Waals surface area contributed by atoms with Crippen LogP contribution < -0.4 is 9.47 Å². The van der Waals surface area contributed by atoms with E-state index in [4.69, 9.17) is 21.1 Å². The van der Waals surface area contributed by atoms with Crippen molar-refractivity contribution < 1.29 is 19.1 Å². The molecule has 164 valence electrons. The number of nitrogens with zero attached hydrogens (tertiary/aromatic N) is 1. The Morgan fingerprint density at radius 3 is 2.63 bits per heavy atom. The molecule has 1 aromatic rings. The molecule has 5 nitrogen and oxygen atoms in total. The first kappa shape index (κ1) is 23.0. The number of imide groups is 1. The smallest absolute Gasteiger partial charge is 0.293 e.